The number of hydrogen-bond donors (Lipinski definition) is 1. The van der Waals surface area contributed by atoms with Crippen molar-refractivity contribution in [3.63, 3.8) is 0 Å². The summed E-state index contributed by atoms with van der Waals surface area (Å²) in [5.41, 5.74) is 7.68. The van der Waals surface area contributed by atoms with Crippen LogP contribution < -0.4 is 5.73 Å². The number of nitrogens with two attached hydrogens (primary N) is 1. The molecule has 1 aromatic heterocycles. The summed E-state index contributed by atoms with van der Waals surface area (Å²) in [6.07, 6.45) is 0.801. The predicted molar refractivity (Wildman–Crippen MR) is 68.8 cm³/mol. The second kappa shape index (κ2) is 5.23. The van der Waals surface area contributed by atoms with Gasteiger partial charge in [0.1, 0.15) is 0 Å². The molecule has 4 nitrogen and oxygen atoms in total. The van der Waals surface area contributed by atoms with E-state index in [1.807, 2.05) is 26.0 Å². The molecule has 2 rings (SSSR count). The molecule has 0 aliphatic heterocycles. The third-order valence-electron chi connectivity index (χ3n) is 2.43. The van der Waals surface area contributed by atoms with E-state index in [0.29, 0.717) is 11.6 Å². The number of aryl methyl sites for hydroxylation is 2. The molecule has 5 heteroatoms. The maximum absolute atomic E-state index is 5.77. The third-order valence-corrected chi connectivity index (χ3v) is 3.41. The summed E-state index contributed by atoms with van der Waals surface area (Å²) >= 11 is 1.67. The second-order valence-electron chi connectivity index (χ2n) is 3.76. The van der Waals surface area contributed by atoms with Gasteiger partial charge in [0.15, 0.2) is 5.82 Å². The number of thioether (sulfide) groups is 1. The lowest BCUT2D eigenvalue weighted by molar-refractivity contribution is 0.385. The van der Waals surface area contributed by atoms with Crippen molar-refractivity contribution in [3.8, 4) is 0 Å². The average Bonchev–Trinajstić information content (AvgIpc) is 2.79. The SMILES string of the molecule is CCc1noc(CSc2ccc(N)c(C)c2)n1. The van der Waals surface area contributed by atoms with E-state index in [2.05, 4.69) is 16.2 Å². The first-order chi connectivity index (χ1) is 8.19. The van der Waals surface area contributed by atoms with E-state index in [-0.39, 0.29) is 0 Å². The first-order valence-corrected chi connectivity index (χ1v) is 6.48. The van der Waals surface area contributed by atoms with Crippen LogP contribution in [0.2, 0.25) is 0 Å². The molecule has 0 aliphatic rings. The van der Waals surface area contributed by atoms with E-state index < -0.39 is 0 Å². The normalized spacial score (nSPS) is 10.7. The van der Waals surface area contributed by atoms with E-state index in [1.165, 1.54) is 0 Å². The van der Waals surface area contributed by atoms with Crippen molar-refractivity contribution >= 4 is 17.4 Å². The van der Waals surface area contributed by atoms with Gasteiger partial charge >= 0.3 is 0 Å². The van der Waals surface area contributed by atoms with Gasteiger partial charge in [-0.15, -0.1) is 11.8 Å². The van der Waals surface area contributed by atoms with Crippen LogP contribution in [-0.4, -0.2) is 10.1 Å². The summed E-state index contributed by atoms with van der Waals surface area (Å²) in [5, 5.41) is 3.86. The Hall–Kier alpha value is -1.49. The van der Waals surface area contributed by atoms with Crippen LogP contribution in [0.5, 0.6) is 0 Å². The fraction of sp³-hybridized carbons (Fsp3) is 0.333. The molecule has 1 aromatic carbocycles. The first kappa shape index (κ1) is 12.0. The first-order valence-electron chi connectivity index (χ1n) is 5.49. The summed E-state index contributed by atoms with van der Waals surface area (Å²) in [5.74, 6) is 2.12. The third kappa shape index (κ3) is 3.00. The minimum atomic E-state index is 0.668. The van der Waals surface area contributed by atoms with Crippen molar-refractivity contribution in [1.29, 1.82) is 0 Å². The molecule has 0 saturated carbocycles. The lowest BCUT2D eigenvalue weighted by Gasteiger charge is -2.02. The molecule has 2 N–H and O–H groups in total. The lowest BCUT2D eigenvalue weighted by Crippen LogP contribution is -1.89. The molecule has 1 heterocycles. The Balaban J connectivity index is 1.99. The largest absolute Gasteiger partial charge is 0.399 e. The van der Waals surface area contributed by atoms with Gasteiger partial charge < -0.3 is 10.3 Å². The zero-order valence-corrected chi connectivity index (χ0v) is 10.8. The summed E-state index contributed by atoms with van der Waals surface area (Å²) in [4.78, 5) is 5.42. The van der Waals surface area contributed by atoms with Gasteiger partial charge in [-0.3, -0.25) is 0 Å². The number of rotatable bonds is 4. The van der Waals surface area contributed by atoms with E-state index in [0.717, 1.165) is 28.4 Å². The molecule has 0 bridgehead atoms. The van der Waals surface area contributed by atoms with Crippen molar-refractivity contribution in [3.05, 3.63) is 35.5 Å². The van der Waals surface area contributed by atoms with Gasteiger partial charge in [-0.2, -0.15) is 4.98 Å². The molecular weight excluding hydrogens is 234 g/mol. The zero-order valence-electron chi connectivity index (χ0n) is 9.93. The monoisotopic (exact) mass is 249 g/mol. The van der Waals surface area contributed by atoms with E-state index in [9.17, 15) is 0 Å². The van der Waals surface area contributed by atoms with Crippen LogP contribution in [0.25, 0.3) is 0 Å². The van der Waals surface area contributed by atoms with E-state index >= 15 is 0 Å². The lowest BCUT2D eigenvalue weighted by atomic mass is 10.2. The second-order valence-corrected chi connectivity index (χ2v) is 4.81. The molecular formula is C12H15N3OS. The molecule has 17 heavy (non-hydrogen) atoms. The Morgan fingerprint density at radius 1 is 1.41 bits per heavy atom. The van der Waals surface area contributed by atoms with Crippen molar-refractivity contribution in [2.24, 2.45) is 0 Å². The molecule has 90 valence electrons. The predicted octanol–water partition coefficient (Wildman–Crippen LogP) is 2.81. The molecule has 2 aromatic rings. The average molecular weight is 249 g/mol. The van der Waals surface area contributed by atoms with Gasteiger partial charge in [-0.1, -0.05) is 12.1 Å². The van der Waals surface area contributed by atoms with Gasteiger partial charge in [0.05, 0.1) is 5.75 Å². The zero-order chi connectivity index (χ0) is 12.3. The van der Waals surface area contributed by atoms with Gasteiger partial charge in [-0.25, -0.2) is 0 Å². The van der Waals surface area contributed by atoms with Crippen molar-refractivity contribution in [2.75, 3.05) is 5.73 Å². The highest BCUT2D eigenvalue weighted by molar-refractivity contribution is 7.98. The van der Waals surface area contributed by atoms with Crippen LogP contribution in [-0.2, 0) is 12.2 Å². The Bertz CT molecular complexity index is 510. The molecule has 0 amide bonds. The molecule has 0 atom stereocenters. The standard InChI is InChI=1S/C12H15N3OS/c1-3-11-14-12(16-15-11)7-17-9-4-5-10(13)8(2)6-9/h4-6H,3,7,13H2,1-2H3. The Labute approximate surface area is 105 Å². The number of nitrogens with zero attached hydrogens (tertiary/aromatic N) is 2. The summed E-state index contributed by atoms with van der Waals surface area (Å²) in [6.45, 7) is 4.01. The van der Waals surface area contributed by atoms with Crippen LogP contribution in [0.1, 0.15) is 24.2 Å². The summed E-state index contributed by atoms with van der Waals surface area (Å²) < 4.78 is 5.12. The Morgan fingerprint density at radius 2 is 2.24 bits per heavy atom. The van der Waals surface area contributed by atoms with Crippen LogP contribution in [0.4, 0.5) is 5.69 Å². The van der Waals surface area contributed by atoms with Crippen LogP contribution in [0.15, 0.2) is 27.6 Å². The fourth-order valence-electron chi connectivity index (χ4n) is 1.38. The number of hydrogen-bond acceptors (Lipinski definition) is 5. The fourth-order valence-corrected chi connectivity index (χ4v) is 2.21. The molecule has 0 aliphatic carbocycles. The Kier molecular flexibility index (Phi) is 3.68. The van der Waals surface area contributed by atoms with Gasteiger partial charge in [-0.05, 0) is 30.7 Å². The molecule has 0 spiro atoms. The van der Waals surface area contributed by atoms with Crippen LogP contribution in [0, 0.1) is 6.92 Å². The molecule has 0 fully saturated rings. The van der Waals surface area contributed by atoms with E-state index in [1.54, 1.807) is 11.8 Å². The summed E-state index contributed by atoms with van der Waals surface area (Å²) in [6, 6.07) is 5.99. The highest BCUT2D eigenvalue weighted by Gasteiger charge is 2.05. The van der Waals surface area contributed by atoms with Gasteiger partial charge in [0, 0.05) is 17.0 Å². The number of aromatic nitrogens is 2. The molecule has 0 saturated heterocycles. The maximum Gasteiger partial charge on any atom is 0.237 e. The Morgan fingerprint density at radius 3 is 2.88 bits per heavy atom. The molecule has 0 radical (unpaired) electrons. The van der Waals surface area contributed by atoms with Crippen LogP contribution >= 0.6 is 11.8 Å². The maximum atomic E-state index is 5.77. The molecule has 0 unspecified atom stereocenters. The minimum Gasteiger partial charge on any atom is -0.399 e. The smallest absolute Gasteiger partial charge is 0.237 e. The van der Waals surface area contributed by atoms with Crippen molar-refractivity contribution in [1.82, 2.24) is 10.1 Å². The number of anilines is 1. The highest BCUT2D eigenvalue weighted by Crippen LogP contribution is 2.25. The van der Waals surface area contributed by atoms with Crippen molar-refractivity contribution < 1.29 is 4.52 Å². The summed E-state index contributed by atoms with van der Waals surface area (Å²) in [7, 11) is 0. The quantitative estimate of drug-likeness (QED) is 0.666. The van der Waals surface area contributed by atoms with Gasteiger partial charge in [0.25, 0.3) is 0 Å². The number of nitrogen functional groups attached to an aromatic ring is 1. The van der Waals surface area contributed by atoms with E-state index in [4.69, 9.17) is 10.3 Å². The van der Waals surface area contributed by atoms with Crippen molar-refractivity contribution in [2.45, 2.75) is 30.9 Å². The van der Waals surface area contributed by atoms with Crippen LogP contribution in [0.3, 0.4) is 0 Å². The topological polar surface area (TPSA) is 64.9 Å². The highest BCUT2D eigenvalue weighted by atomic mass is 32.2. The number of benzene rings is 1. The van der Waals surface area contributed by atoms with Gasteiger partial charge in [0.2, 0.25) is 5.89 Å². The minimum absolute atomic E-state index is 0.668.